The molecule has 7 rings (SSSR count). The minimum Gasteiger partial charge on any atom is -0.378 e. The number of aromatic nitrogens is 1. The summed E-state index contributed by atoms with van der Waals surface area (Å²) in [6, 6.07) is 22.9. The topological polar surface area (TPSA) is 54.3 Å². The quantitative estimate of drug-likeness (QED) is 0.317. The van der Waals surface area contributed by atoms with Gasteiger partial charge >= 0.3 is 4.87 Å². The minimum atomic E-state index is -0.162. The summed E-state index contributed by atoms with van der Waals surface area (Å²) in [7, 11) is 4.12. The third-order valence-electron chi connectivity index (χ3n) is 8.79. The summed E-state index contributed by atoms with van der Waals surface area (Å²) in [5, 5.41) is 6.78. The van der Waals surface area contributed by atoms with Crippen molar-refractivity contribution in [3.63, 3.8) is 0 Å². The number of nitrogens with one attached hydrogen (secondary N) is 1. The number of fused-ring (bicyclic) bond motifs is 7. The lowest BCUT2D eigenvalue weighted by Crippen LogP contribution is -2.34. The van der Waals surface area contributed by atoms with Gasteiger partial charge in [0.1, 0.15) is 6.54 Å². The maximum atomic E-state index is 13.4. The molecule has 5 atom stereocenters. The van der Waals surface area contributed by atoms with Gasteiger partial charge in [-0.25, -0.2) is 0 Å². The van der Waals surface area contributed by atoms with Gasteiger partial charge < -0.3 is 10.2 Å². The molecule has 4 aromatic rings. The fraction of sp³-hybridized carbons (Fsp3) is 0.355. The number of hydrogen-bond donors (Lipinski definition) is 1. The van der Waals surface area contributed by atoms with Crippen molar-refractivity contribution in [1.82, 2.24) is 4.57 Å². The van der Waals surface area contributed by atoms with E-state index < -0.39 is 0 Å². The molecule has 5 nitrogen and oxygen atoms in total. The number of thiazole rings is 1. The van der Waals surface area contributed by atoms with Gasteiger partial charge in [0.05, 0.1) is 5.03 Å². The molecular formula is C31H31N3O2S2. The Labute approximate surface area is 230 Å². The Hall–Kier alpha value is -3.03. The number of carbonyl (C=O) groups excluding carboxylic acids is 1. The number of rotatable bonds is 5. The van der Waals surface area contributed by atoms with Gasteiger partial charge in [-0.05, 0) is 77.6 Å². The van der Waals surface area contributed by atoms with Gasteiger partial charge in [-0.2, -0.15) is 0 Å². The second-order valence-corrected chi connectivity index (χ2v) is 13.4. The molecule has 1 aliphatic heterocycles. The fourth-order valence-electron chi connectivity index (χ4n) is 7.05. The first-order valence-corrected chi connectivity index (χ1v) is 15.1. The fourth-order valence-corrected chi connectivity index (χ4v) is 10.2. The largest absolute Gasteiger partial charge is 0.378 e. The molecule has 1 amide bonds. The Morgan fingerprint density at radius 3 is 2.55 bits per heavy atom. The zero-order valence-electron chi connectivity index (χ0n) is 21.6. The molecule has 3 aromatic carbocycles. The average Bonchev–Trinajstić information content (AvgIpc) is 3.62. The van der Waals surface area contributed by atoms with Crippen molar-refractivity contribution in [2.75, 3.05) is 24.3 Å². The molecule has 2 fully saturated rings. The van der Waals surface area contributed by atoms with Crippen molar-refractivity contribution < 1.29 is 4.79 Å². The van der Waals surface area contributed by atoms with Gasteiger partial charge in [0.25, 0.3) is 0 Å². The first-order chi connectivity index (χ1) is 18.5. The molecule has 0 spiro atoms. The van der Waals surface area contributed by atoms with Gasteiger partial charge in [-0.3, -0.25) is 14.2 Å². The highest BCUT2D eigenvalue weighted by molar-refractivity contribution is 8.00. The van der Waals surface area contributed by atoms with Crippen LogP contribution in [-0.2, 0) is 11.3 Å². The Balaban J connectivity index is 1.22. The van der Waals surface area contributed by atoms with Crippen LogP contribution >= 0.6 is 23.1 Å². The van der Waals surface area contributed by atoms with Crippen LogP contribution in [0.2, 0.25) is 0 Å². The standard InChI is InChI=1S/C31H31N3O2S2/c1-33(2)24-13-10-19(11-14-24)26-27-21-7-8-22(15-21)28(27)37-30-29(26)38-31(36)34(30)17-25(35)32-23-12-9-18-5-3-4-6-20(18)16-23/h3-6,9-14,16,21-22,26-28H,7-8,15,17H2,1-2H3,(H,32,35). The van der Waals surface area contributed by atoms with Crippen molar-refractivity contribution in [1.29, 1.82) is 0 Å². The summed E-state index contributed by atoms with van der Waals surface area (Å²) >= 11 is 3.23. The zero-order chi connectivity index (χ0) is 26.0. The molecule has 0 saturated heterocycles. The highest BCUT2D eigenvalue weighted by Gasteiger charge is 2.55. The lowest BCUT2D eigenvalue weighted by atomic mass is 9.75. The van der Waals surface area contributed by atoms with Gasteiger partial charge in [-0.1, -0.05) is 53.8 Å². The van der Waals surface area contributed by atoms with E-state index in [0.29, 0.717) is 17.1 Å². The van der Waals surface area contributed by atoms with Crippen LogP contribution in [0.1, 0.15) is 35.6 Å². The molecule has 5 unspecified atom stereocenters. The van der Waals surface area contributed by atoms with Crippen LogP contribution in [0.3, 0.4) is 0 Å². The van der Waals surface area contributed by atoms with Gasteiger partial charge in [0.2, 0.25) is 5.91 Å². The number of thioether (sulfide) groups is 1. The normalized spacial score (nSPS) is 25.3. The molecule has 3 aliphatic rings. The molecule has 2 bridgehead atoms. The highest BCUT2D eigenvalue weighted by Crippen LogP contribution is 2.64. The molecule has 2 heterocycles. The molecule has 0 radical (unpaired) electrons. The van der Waals surface area contributed by atoms with Crippen LogP contribution in [0, 0.1) is 17.8 Å². The van der Waals surface area contributed by atoms with Crippen molar-refractivity contribution in [2.24, 2.45) is 17.8 Å². The van der Waals surface area contributed by atoms with Crippen molar-refractivity contribution in [3.8, 4) is 0 Å². The van der Waals surface area contributed by atoms with Crippen LogP contribution in [0.5, 0.6) is 0 Å². The van der Waals surface area contributed by atoms with Gasteiger partial charge in [0.15, 0.2) is 0 Å². The molecule has 38 heavy (non-hydrogen) atoms. The third-order valence-corrected chi connectivity index (χ3v) is 11.6. The first kappa shape index (κ1) is 24.0. The minimum absolute atomic E-state index is 0.0293. The summed E-state index contributed by atoms with van der Waals surface area (Å²) in [6.45, 7) is 0.0439. The lowest BCUT2D eigenvalue weighted by Gasteiger charge is -2.40. The van der Waals surface area contributed by atoms with Crippen molar-refractivity contribution >= 4 is 51.2 Å². The van der Waals surface area contributed by atoms with Crippen molar-refractivity contribution in [2.45, 2.75) is 42.0 Å². The summed E-state index contributed by atoms with van der Waals surface area (Å²) in [6.07, 6.45) is 3.89. The lowest BCUT2D eigenvalue weighted by molar-refractivity contribution is -0.116. The Bertz CT molecular complexity index is 1590. The predicted octanol–water partition coefficient (Wildman–Crippen LogP) is 6.42. The number of benzene rings is 3. The molecule has 194 valence electrons. The van der Waals surface area contributed by atoms with Crippen LogP contribution in [0.25, 0.3) is 10.8 Å². The Morgan fingerprint density at radius 1 is 1.00 bits per heavy atom. The van der Waals surface area contributed by atoms with Crippen LogP contribution in [-0.4, -0.2) is 29.8 Å². The zero-order valence-corrected chi connectivity index (χ0v) is 23.2. The van der Waals surface area contributed by atoms with E-state index in [1.54, 1.807) is 4.57 Å². The number of nitrogens with zero attached hydrogens (tertiary/aromatic N) is 2. The Kier molecular flexibility index (Phi) is 5.89. The van der Waals surface area contributed by atoms with E-state index >= 15 is 0 Å². The number of carbonyl (C=O) groups is 1. The maximum Gasteiger partial charge on any atom is 0.308 e. The second kappa shape index (κ2) is 9.31. The molecule has 1 aromatic heterocycles. The Morgan fingerprint density at radius 2 is 1.76 bits per heavy atom. The van der Waals surface area contributed by atoms with Crippen molar-refractivity contribution in [3.05, 3.63) is 86.8 Å². The number of hydrogen-bond acceptors (Lipinski definition) is 5. The predicted molar refractivity (Wildman–Crippen MR) is 158 cm³/mol. The van der Waals surface area contributed by atoms with Crippen LogP contribution < -0.4 is 15.1 Å². The monoisotopic (exact) mass is 541 g/mol. The molecule has 2 saturated carbocycles. The summed E-state index contributed by atoms with van der Waals surface area (Å²) < 4.78 is 1.74. The second-order valence-electron chi connectivity index (χ2n) is 11.2. The van der Waals surface area contributed by atoms with Gasteiger partial charge in [-0.15, -0.1) is 11.8 Å². The summed E-state index contributed by atoms with van der Waals surface area (Å²) in [4.78, 5) is 29.8. The summed E-state index contributed by atoms with van der Waals surface area (Å²) in [5.74, 6) is 2.07. The van der Waals surface area contributed by atoms with E-state index in [4.69, 9.17) is 0 Å². The number of anilines is 2. The number of amides is 1. The molecule has 1 N–H and O–H groups in total. The van der Waals surface area contributed by atoms with E-state index in [1.807, 2.05) is 48.2 Å². The molecule has 2 aliphatic carbocycles. The SMILES string of the molecule is CN(C)c1ccc(C2c3sc(=O)n(CC(=O)Nc4ccc5ccccc5c4)c3SC3C4CCC(C4)C23)cc1. The molecule has 7 heteroatoms. The summed E-state index contributed by atoms with van der Waals surface area (Å²) in [5.41, 5.74) is 3.24. The van der Waals surface area contributed by atoms with Crippen LogP contribution in [0.4, 0.5) is 11.4 Å². The average molecular weight is 542 g/mol. The molecular weight excluding hydrogens is 510 g/mol. The van der Waals surface area contributed by atoms with E-state index in [0.717, 1.165) is 32.3 Å². The van der Waals surface area contributed by atoms with E-state index in [1.165, 1.54) is 41.9 Å². The van der Waals surface area contributed by atoms with E-state index in [9.17, 15) is 9.59 Å². The van der Waals surface area contributed by atoms with E-state index in [-0.39, 0.29) is 23.2 Å². The van der Waals surface area contributed by atoms with E-state index in [2.05, 4.69) is 54.6 Å². The van der Waals surface area contributed by atoms with Crippen LogP contribution in [0.15, 0.2) is 76.6 Å². The smallest absolute Gasteiger partial charge is 0.308 e. The highest BCUT2D eigenvalue weighted by atomic mass is 32.2. The maximum absolute atomic E-state index is 13.4. The first-order valence-electron chi connectivity index (χ1n) is 13.4. The third kappa shape index (κ3) is 3.98. The van der Waals surface area contributed by atoms with Gasteiger partial charge in [0, 0.05) is 41.5 Å².